The molecule has 0 spiro atoms. The molecule has 1 heterocycles. The van der Waals surface area contributed by atoms with Crippen LogP contribution in [0.25, 0.3) is 0 Å². The van der Waals surface area contributed by atoms with E-state index in [1.54, 1.807) is 0 Å². The molecule has 1 N–H and O–H groups in total. The van der Waals surface area contributed by atoms with Gasteiger partial charge in [-0.25, -0.2) is 9.97 Å². The maximum Gasteiger partial charge on any atom is 0.159 e. The molecule has 1 unspecified atom stereocenters. The molecule has 0 saturated heterocycles. The van der Waals surface area contributed by atoms with Crippen molar-refractivity contribution in [1.82, 2.24) is 9.97 Å². The largest absolute Gasteiger partial charge is 0.370 e. The first-order valence-electron chi connectivity index (χ1n) is 7.35. The Bertz CT molecular complexity index is 355. The summed E-state index contributed by atoms with van der Waals surface area (Å²) in [5.41, 5.74) is 1.09. The number of nitrogens with zero attached hydrogens (tertiary/aromatic N) is 2. The van der Waals surface area contributed by atoms with Crippen LogP contribution in [-0.2, 0) is 11.2 Å². The van der Waals surface area contributed by atoms with Gasteiger partial charge < -0.3 is 10.1 Å². The summed E-state index contributed by atoms with van der Waals surface area (Å²) in [5.74, 6) is 2.08. The van der Waals surface area contributed by atoms with E-state index in [2.05, 4.69) is 43.0 Å². The molecule has 4 heteroatoms. The quantitative estimate of drug-likeness (QED) is 0.780. The molecule has 1 atom stereocenters. The number of anilines is 1. The Morgan fingerprint density at radius 2 is 1.95 bits per heavy atom. The van der Waals surface area contributed by atoms with Crippen LogP contribution in [0.3, 0.4) is 0 Å². The predicted molar refractivity (Wildman–Crippen MR) is 79.4 cm³/mol. The van der Waals surface area contributed by atoms with Gasteiger partial charge in [-0.3, -0.25) is 0 Å². The Balaban J connectivity index is 3.08. The highest BCUT2D eigenvalue weighted by molar-refractivity contribution is 5.36. The second kappa shape index (κ2) is 8.10. The second-order valence-electron chi connectivity index (χ2n) is 5.00. The van der Waals surface area contributed by atoms with Crippen molar-refractivity contribution in [2.75, 3.05) is 18.5 Å². The molecule has 1 aromatic rings. The molecule has 0 aliphatic heterocycles. The summed E-state index contributed by atoms with van der Waals surface area (Å²) in [7, 11) is 0. The summed E-state index contributed by atoms with van der Waals surface area (Å²) in [6.45, 7) is 12.1. The minimum Gasteiger partial charge on any atom is -0.370 e. The molecular formula is C15H27N3O. The van der Waals surface area contributed by atoms with Crippen LogP contribution in [0, 0.1) is 5.92 Å². The molecule has 0 saturated carbocycles. The first-order valence-corrected chi connectivity index (χ1v) is 7.35. The number of hydrogen-bond donors (Lipinski definition) is 1. The lowest BCUT2D eigenvalue weighted by molar-refractivity contribution is 0.0231. The maximum atomic E-state index is 5.80. The van der Waals surface area contributed by atoms with Crippen LogP contribution >= 0.6 is 0 Å². The summed E-state index contributed by atoms with van der Waals surface area (Å²) in [5, 5.41) is 3.28. The van der Waals surface area contributed by atoms with E-state index in [9.17, 15) is 0 Å². The third-order valence-electron chi connectivity index (χ3n) is 2.87. The van der Waals surface area contributed by atoms with Crippen molar-refractivity contribution in [3.8, 4) is 0 Å². The van der Waals surface area contributed by atoms with Gasteiger partial charge in [0.1, 0.15) is 11.9 Å². The zero-order chi connectivity index (χ0) is 14.3. The summed E-state index contributed by atoms with van der Waals surface area (Å²) >= 11 is 0. The molecule has 0 radical (unpaired) electrons. The van der Waals surface area contributed by atoms with E-state index in [1.807, 2.05) is 13.0 Å². The fourth-order valence-electron chi connectivity index (χ4n) is 2.05. The number of nitrogens with one attached hydrogen (secondary N) is 1. The van der Waals surface area contributed by atoms with Gasteiger partial charge in [-0.05, 0) is 26.2 Å². The Kier molecular flexibility index (Phi) is 6.78. The van der Waals surface area contributed by atoms with Crippen LogP contribution in [0.2, 0.25) is 0 Å². The summed E-state index contributed by atoms with van der Waals surface area (Å²) in [6.07, 6.45) is 2.03. The number of aryl methyl sites for hydroxylation is 1. The number of aromatic nitrogens is 2. The summed E-state index contributed by atoms with van der Waals surface area (Å²) < 4.78 is 5.80. The average Bonchev–Trinajstić information content (AvgIpc) is 2.36. The molecule has 0 aliphatic carbocycles. The first-order chi connectivity index (χ1) is 9.12. The van der Waals surface area contributed by atoms with Gasteiger partial charge >= 0.3 is 0 Å². The van der Waals surface area contributed by atoms with Crippen LogP contribution in [0.4, 0.5) is 5.82 Å². The van der Waals surface area contributed by atoms with Crippen molar-refractivity contribution in [2.24, 2.45) is 5.92 Å². The predicted octanol–water partition coefficient (Wildman–Crippen LogP) is 3.59. The maximum absolute atomic E-state index is 5.80. The van der Waals surface area contributed by atoms with E-state index in [0.717, 1.165) is 36.7 Å². The van der Waals surface area contributed by atoms with Crippen LogP contribution in [-0.4, -0.2) is 23.1 Å². The van der Waals surface area contributed by atoms with E-state index in [1.165, 1.54) is 0 Å². The highest BCUT2D eigenvalue weighted by Gasteiger charge is 2.20. The molecule has 108 valence electrons. The minimum absolute atomic E-state index is 0.0285. The molecule has 0 fully saturated rings. The van der Waals surface area contributed by atoms with Gasteiger partial charge in [0.2, 0.25) is 0 Å². The Morgan fingerprint density at radius 3 is 2.47 bits per heavy atom. The monoisotopic (exact) mass is 265 g/mol. The molecule has 1 rings (SSSR count). The Morgan fingerprint density at radius 1 is 1.21 bits per heavy atom. The van der Waals surface area contributed by atoms with Crippen LogP contribution in [0.5, 0.6) is 0 Å². The summed E-state index contributed by atoms with van der Waals surface area (Å²) in [4.78, 5) is 9.27. The molecule has 1 aromatic heterocycles. The lowest BCUT2D eigenvalue weighted by Gasteiger charge is -2.20. The zero-order valence-corrected chi connectivity index (χ0v) is 12.9. The van der Waals surface area contributed by atoms with Gasteiger partial charge in [0.05, 0.1) is 0 Å². The van der Waals surface area contributed by atoms with E-state index in [4.69, 9.17) is 4.74 Å². The summed E-state index contributed by atoms with van der Waals surface area (Å²) in [6, 6.07) is 2.04. The SMILES string of the molecule is CCCc1cc(NCC)nc(C(OCC)C(C)C)n1. The number of ether oxygens (including phenoxy) is 1. The third kappa shape index (κ3) is 4.78. The molecule has 0 amide bonds. The van der Waals surface area contributed by atoms with Gasteiger partial charge in [-0.1, -0.05) is 27.2 Å². The van der Waals surface area contributed by atoms with Crippen molar-refractivity contribution in [2.45, 2.75) is 53.6 Å². The minimum atomic E-state index is -0.0285. The molecular weight excluding hydrogens is 238 g/mol. The van der Waals surface area contributed by atoms with Gasteiger partial charge in [-0.15, -0.1) is 0 Å². The lowest BCUT2D eigenvalue weighted by atomic mass is 10.1. The highest BCUT2D eigenvalue weighted by atomic mass is 16.5. The van der Waals surface area contributed by atoms with Gasteiger partial charge in [0.25, 0.3) is 0 Å². The van der Waals surface area contributed by atoms with Crippen LogP contribution in [0.1, 0.15) is 58.7 Å². The molecule has 19 heavy (non-hydrogen) atoms. The van der Waals surface area contributed by atoms with Crippen LogP contribution < -0.4 is 5.32 Å². The van der Waals surface area contributed by atoms with Gasteiger partial charge in [-0.2, -0.15) is 0 Å². The van der Waals surface area contributed by atoms with Crippen molar-refractivity contribution in [3.05, 3.63) is 17.6 Å². The van der Waals surface area contributed by atoms with E-state index >= 15 is 0 Å². The molecule has 0 aliphatic rings. The topological polar surface area (TPSA) is 47.0 Å². The standard InChI is InChI=1S/C15H27N3O/c1-6-9-12-10-13(16-7-2)18-15(17-12)14(11(4)5)19-8-3/h10-11,14H,6-9H2,1-5H3,(H,16,17,18). The zero-order valence-electron chi connectivity index (χ0n) is 12.9. The van der Waals surface area contributed by atoms with Crippen molar-refractivity contribution >= 4 is 5.82 Å². The van der Waals surface area contributed by atoms with E-state index in [0.29, 0.717) is 12.5 Å². The van der Waals surface area contributed by atoms with Crippen molar-refractivity contribution < 1.29 is 4.74 Å². The van der Waals surface area contributed by atoms with Crippen LogP contribution in [0.15, 0.2) is 6.07 Å². The molecule has 0 aromatic carbocycles. The normalized spacial score (nSPS) is 12.7. The molecule has 4 nitrogen and oxygen atoms in total. The molecule has 0 bridgehead atoms. The van der Waals surface area contributed by atoms with E-state index in [-0.39, 0.29) is 6.10 Å². The van der Waals surface area contributed by atoms with Gasteiger partial charge in [0.15, 0.2) is 5.82 Å². The second-order valence-corrected chi connectivity index (χ2v) is 5.00. The van der Waals surface area contributed by atoms with Crippen molar-refractivity contribution in [3.63, 3.8) is 0 Å². The third-order valence-corrected chi connectivity index (χ3v) is 2.87. The number of hydrogen-bond acceptors (Lipinski definition) is 4. The Hall–Kier alpha value is -1.16. The first kappa shape index (κ1) is 15.9. The number of rotatable bonds is 8. The Labute approximate surface area is 117 Å². The smallest absolute Gasteiger partial charge is 0.159 e. The lowest BCUT2D eigenvalue weighted by Crippen LogP contribution is -2.17. The van der Waals surface area contributed by atoms with Crippen molar-refractivity contribution in [1.29, 1.82) is 0 Å². The average molecular weight is 265 g/mol. The van der Waals surface area contributed by atoms with Gasteiger partial charge in [0, 0.05) is 24.9 Å². The fourth-order valence-corrected chi connectivity index (χ4v) is 2.05. The fraction of sp³-hybridized carbons (Fsp3) is 0.733. The highest BCUT2D eigenvalue weighted by Crippen LogP contribution is 2.24. The van der Waals surface area contributed by atoms with E-state index < -0.39 is 0 Å².